The first-order valence-electron chi connectivity index (χ1n) is 10.1. The highest BCUT2D eigenvalue weighted by Gasteiger charge is 2.36. The third-order valence-corrected chi connectivity index (χ3v) is 5.02. The van der Waals surface area contributed by atoms with E-state index in [1.165, 1.54) is 13.3 Å². The molecule has 3 aromatic rings. The van der Waals surface area contributed by atoms with E-state index in [0.717, 1.165) is 19.3 Å². The monoisotopic (exact) mass is 440 g/mol. The van der Waals surface area contributed by atoms with Crippen LogP contribution >= 0.6 is 11.6 Å². The van der Waals surface area contributed by atoms with E-state index < -0.39 is 12.3 Å². The third-order valence-electron chi connectivity index (χ3n) is 4.75. The number of esters is 1. The number of unbranched alkanes of at least 4 members (excludes halogenated alkanes) is 2. The van der Waals surface area contributed by atoms with Gasteiger partial charge in [0.25, 0.3) is 0 Å². The average molecular weight is 441 g/mol. The van der Waals surface area contributed by atoms with Crippen molar-refractivity contribution >= 4 is 28.7 Å². The molecule has 1 fully saturated rings. The molecule has 160 valence electrons. The first-order chi connectivity index (χ1) is 15.1. The van der Waals surface area contributed by atoms with Gasteiger partial charge in [0.1, 0.15) is 23.8 Å². The summed E-state index contributed by atoms with van der Waals surface area (Å²) in [6, 6.07) is 0. The molecule has 0 unspecified atom stereocenters. The highest BCUT2D eigenvalue weighted by Crippen LogP contribution is 2.35. The summed E-state index contributed by atoms with van der Waals surface area (Å²) < 4.78 is 13.2. The molecule has 2 atom stereocenters. The van der Waals surface area contributed by atoms with Gasteiger partial charge in [-0.25, -0.2) is 24.9 Å². The number of carbonyl (C=O) groups is 1. The second kappa shape index (κ2) is 9.37. The molecule has 1 aliphatic rings. The van der Waals surface area contributed by atoms with E-state index >= 15 is 0 Å². The third kappa shape index (κ3) is 4.50. The fraction of sp³-hybridized carbons (Fsp3) is 0.429. The second-order valence-electron chi connectivity index (χ2n) is 7.05. The molecule has 0 bridgehead atoms. The summed E-state index contributed by atoms with van der Waals surface area (Å²) in [7, 11) is 0. The Kier molecular flexibility index (Phi) is 6.39. The minimum Gasteiger partial charge on any atom is -0.458 e. The van der Waals surface area contributed by atoms with Crippen molar-refractivity contribution < 1.29 is 14.3 Å². The van der Waals surface area contributed by atoms with Crippen LogP contribution in [0.4, 0.5) is 0 Å². The van der Waals surface area contributed by atoms with Crippen molar-refractivity contribution in [3.63, 3.8) is 0 Å². The van der Waals surface area contributed by atoms with Crippen molar-refractivity contribution in [3.05, 3.63) is 29.7 Å². The number of ether oxygens (including phenoxy) is 2. The highest BCUT2D eigenvalue weighted by molar-refractivity contribution is 6.33. The Hall–Kier alpha value is -3.09. The SMILES string of the molecule is CCCCC#Cc1nc(Cl)c2nc(-c3cncnc3)n([C@@H]3OCC[C@H]3OC(C)=O)c2n1. The largest absolute Gasteiger partial charge is 0.458 e. The smallest absolute Gasteiger partial charge is 0.303 e. The van der Waals surface area contributed by atoms with E-state index in [4.69, 9.17) is 21.1 Å². The van der Waals surface area contributed by atoms with Crippen molar-refractivity contribution in [2.75, 3.05) is 6.61 Å². The lowest BCUT2D eigenvalue weighted by Crippen LogP contribution is -2.25. The molecule has 0 aromatic carbocycles. The predicted molar refractivity (Wildman–Crippen MR) is 113 cm³/mol. The molecule has 3 aromatic heterocycles. The molecule has 4 heterocycles. The fourth-order valence-electron chi connectivity index (χ4n) is 3.39. The number of aromatic nitrogens is 6. The Morgan fingerprint density at radius 3 is 2.87 bits per heavy atom. The fourth-order valence-corrected chi connectivity index (χ4v) is 3.60. The Labute approximate surface area is 184 Å². The molecule has 0 amide bonds. The Morgan fingerprint density at radius 2 is 2.13 bits per heavy atom. The maximum absolute atomic E-state index is 11.6. The van der Waals surface area contributed by atoms with Gasteiger partial charge in [-0.3, -0.25) is 9.36 Å². The van der Waals surface area contributed by atoms with Gasteiger partial charge in [-0.2, -0.15) is 0 Å². The predicted octanol–water partition coefficient (Wildman–Crippen LogP) is 3.33. The average Bonchev–Trinajstić information content (AvgIpc) is 3.35. The lowest BCUT2D eigenvalue weighted by Gasteiger charge is -2.21. The summed E-state index contributed by atoms with van der Waals surface area (Å²) in [6.45, 7) is 3.90. The maximum atomic E-state index is 11.6. The summed E-state index contributed by atoms with van der Waals surface area (Å²) in [6.07, 6.45) is 6.93. The molecule has 0 spiro atoms. The first-order valence-corrected chi connectivity index (χ1v) is 10.4. The van der Waals surface area contributed by atoms with Crippen LogP contribution in [0.3, 0.4) is 0 Å². The van der Waals surface area contributed by atoms with Crippen molar-refractivity contribution in [1.82, 2.24) is 29.5 Å². The van der Waals surface area contributed by atoms with Gasteiger partial charge in [0.05, 0.1) is 12.2 Å². The Balaban J connectivity index is 1.88. The minimum atomic E-state index is -0.629. The molecule has 1 saturated heterocycles. The number of halogens is 1. The first kappa shape index (κ1) is 21.2. The number of hydrogen-bond donors (Lipinski definition) is 0. The molecule has 0 N–H and O–H groups in total. The van der Waals surface area contributed by atoms with Gasteiger partial charge < -0.3 is 9.47 Å². The minimum absolute atomic E-state index is 0.184. The summed E-state index contributed by atoms with van der Waals surface area (Å²) >= 11 is 6.45. The van der Waals surface area contributed by atoms with Gasteiger partial charge >= 0.3 is 5.97 Å². The topological polar surface area (TPSA) is 105 Å². The lowest BCUT2D eigenvalue weighted by molar-refractivity contribution is -0.151. The van der Waals surface area contributed by atoms with Crippen LogP contribution in [0.1, 0.15) is 51.6 Å². The molecular weight excluding hydrogens is 420 g/mol. The van der Waals surface area contributed by atoms with E-state index in [-0.39, 0.29) is 11.1 Å². The van der Waals surface area contributed by atoms with E-state index in [1.54, 1.807) is 17.0 Å². The van der Waals surface area contributed by atoms with Crippen molar-refractivity contribution in [1.29, 1.82) is 0 Å². The van der Waals surface area contributed by atoms with Crippen LogP contribution in [-0.4, -0.2) is 48.2 Å². The summed E-state index contributed by atoms with van der Waals surface area (Å²) in [5.41, 5.74) is 1.49. The van der Waals surface area contributed by atoms with Gasteiger partial charge in [0.2, 0.25) is 5.82 Å². The van der Waals surface area contributed by atoms with Gasteiger partial charge in [-0.15, -0.1) is 0 Å². The van der Waals surface area contributed by atoms with Crippen molar-refractivity contribution in [3.8, 4) is 23.2 Å². The summed E-state index contributed by atoms with van der Waals surface area (Å²) in [5, 5.41) is 0.184. The molecular formula is C21H21ClN6O3. The molecule has 4 rings (SSSR count). The number of nitrogens with zero attached hydrogens (tertiary/aromatic N) is 6. The Morgan fingerprint density at radius 1 is 1.32 bits per heavy atom. The highest BCUT2D eigenvalue weighted by atomic mass is 35.5. The van der Waals surface area contributed by atoms with Crippen molar-refractivity contribution in [2.45, 2.75) is 51.9 Å². The molecule has 0 radical (unpaired) electrons. The number of hydrogen-bond acceptors (Lipinski definition) is 8. The normalized spacial score (nSPS) is 18.0. The van der Waals surface area contributed by atoms with Crippen LogP contribution < -0.4 is 0 Å². The van der Waals surface area contributed by atoms with E-state index in [1.807, 2.05) is 0 Å². The zero-order valence-corrected chi connectivity index (χ0v) is 18.0. The molecule has 31 heavy (non-hydrogen) atoms. The maximum Gasteiger partial charge on any atom is 0.303 e. The quantitative estimate of drug-likeness (QED) is 0.257. The molecule has 0 saturated carbocycles. The van der Waals surface area contributed by atoms with Gasteiger partial charge in [0, 0.05) is 32.2 Å². The van der Waals surface area contributed by atoms with Crippen LogP contribution in [0, 0.1) is 11.8 Å². The van der Waals surface area contributed by atoms with Gasteiger partial charge in [-0.1, -0.05) is 30.9 Å². The summed E-state index contributed by atoms with van der Waals surface area (Å²) in [5.74, 6) is 6.45. The van der Waals surface area contributed by atoms with Crippen LogP contribution in [-0.2, 0) is 14.3 Å². The number of fused-ring (bicyclic) bond motifs is 1. The summed E-state index contributed by atoms with van der Waals surface area (Å²) in [4.78, 5) is 33.3. The van der Waals surface area contributed by atoms with Crippen LogP contribution in [0.15, 0.2) is 18.7 Å². The zero-order chi connectivity index (χ0) is 21.8. The molecule has 1 aliphatic heterocycles. The lowest BCUT2D eigenvalue weighted by atomic mass is 10.2. The molecule has 9 nitrogen and oxygen atoms in total. The zero-order valence-electron chi connectivity index (χ0n) is 17.2. The van der Waals surface area contributed by atoms with E-state index in [0.29, 0.717) is 41.4 Å². The van der Waals surface area contributed by atoms with Gasteiger partial charge in [-0.05, 0) is 12.3 Å². The molecule has 0 aliphatic carbocycles. The van der Waals surface area contributed by atoms with Crippen LogP contribution in [0.2, 0.25) is 5.15 Å². The van der Waals surface area contributed by atoms with Crippen molar-refractivity contribution in [2.24, 2.45) is 0 Å². The Bertz CT molecular complexity index is 1150. The number of imidazole rings is 1. The number of carbonyl (C=O) groups excluding carboxylic acids is 1. The van der Waals surface area contributed by atoms with Crippen LogP contribution in [0.5, 0.6) is 0 Å². The number of rotatable bonds is 5. The van der Waals surface area contributed by atoms with Crippen LogP contribution in [0.25, 0.3) is 22.6 Å². The van der Waals surface area contributed by atoms with Gasteiger partial charge in [0.15, 0.2) is 17.0 Å². The molecule has 10 heteroatoms. The van der Waals surface area contributed by atoms with E-state index in [2.05, 4.69) is 43.7 Å². The second-order valence-corrected chi connectivity index (χ2v) is 7.40. The van der Waals surface area contributed by atoms with E-state index in [9.17, 15) is 4.79 Å². The standard InChI is InChI=1S/C21H21ClN6O3/c1-3-4-5-6-7-16-25-18(22)17-20(26-16)28(19(27-17)14-10-23-12-24-11-14)21-15(8-9-30-21)31-13(2)29/h10-12,15,21H,3-5,8-9H2,1-2H3/t15-,21-/m1/s1.